The molecule has 5 nitrogen and oxygen atoms in total. The van der Waals surface area contributed by atoms with Gasteiger partial charge in [0, 0.05) is 15.5 Å². The van der Waals surface area contributed by atoms with Gasteiger partial charge in [-0.3, -0.25) is 0 Å². The summed E-state index contributed by atoms with van der Waals surface area (Å²) in [6.07, 6.45) is 0. The fourth-order valence-electron chi connectivity index (χ4n) is 1.85. The lowest BCUT2D eigenvalue weighted by Gasteiger charge is -2.03. The van der Waals surface area contributed by atoms with E-state index in [2.05, 4.69) is 10.2 Å². The Balaban J connectivity index is 1.63. The van der Waals surface area contributed by atoms with E-state index in [0.29, 0.717) is 22.3 Å². The number of alkyl halides is 2. The second-order valence-electron chi connectivity index (χ2n) is 4.58. The van der Waals surface area contributed by atoms with Crippen molar-refractivity contribution in [2.75, 3.05) is 0 Å². The maximum absolute atomic E-state index is 12.5. The van der Waals surface area contributed by atoms with E-state index >= 15 is 0 Å². The zero-order chi connectivity index (χ0) is 17.8. The van der Waals surface area contributed by atoms with Gasteiger partial charge in [-0.15, -0.1) is 21.5 Å². The molecule has 3 rings (SSSR count). The second kappa shape index (κ2) is 7.94. The van der Waals surface area contributed by atoms with Gasteiger partial charge in [0.15, 0.2) is 6.61 Å². The predicted octanol–water partition coefficient (Wildman–Crippen LogP) is 5.12. The monoisotopic (exact) mass is 402 g/mol. The van der Waals surface area contributed by atoms with Gasteiger partial charge in [-0.1, -0.05) is 23.4 Å². The Kier molecular flexibility index (Phi) is 5.67. The van der Waals surface area contributed by atoms with Gasteiger partial charge in [0.25, 0.3) is 11.6 Å². The molecule has 0 radical (unpaired) electrons. The molecule has 25 heavy (non-hydrogen) atoms. The highest BCUT2D eigenvalue weighted by atomic mass is 35.5. The predicted molar refractivity (Wildman–Crippen MR) is 90.0 cm³/mol. The van der Waals surface area contributed by atoms with Crippen molar-refractivity contribution < 1.29 is 22.7 Å². The molecule has 3 aromatic rings. The van der Waals surface area contributed by atoms with Crippen LogP contribution in [0.2, 0.25) is 5.02 Å². The van der Waals surface area contributed by atoms with Crippen molar-refractivity contribution in [3.05, 3.63) is 51.5 Å². The first-order valence-electron chi connectivity index (χ1n) is 6.80. The Hall–Kier alpha value is -1.97. The lowest BCUT2D eigenvalue weighted by molar-refractivity contribution is 0.0441. The summed E-state index contributed by atoms with van der Waals surface area (Å²) in [6.45, 7) is -0.254. The molecule has 0 saturated heterocycles. The van der Waals surface area contributed by atoms with Crippen LogP contribution >= 0.6 is 34.7 Å². The highest BCUT2D eigenvalue weighted by Crippen LogP contribution is 2.32. The Morgan fingerprint density at radius 2 is 2.04 bits per heavy atom. The molecule has 2 heterocycles. The minimum absolute atomic E-state index is 0.0953. The van der Waals surface area contributed by atoms with Crippen molar-refractivity contribution >= 4 is 40.7 Å². The number of rotatable bonds is 6. The number of hydrogen-bond acceptors (Lipinski definition) is 7. The molecule has 0 fully saturated rings. The molecule has 0 aliphatic carbocycles. The van der Waals surface area contributed by atoms with Crippen LogP contribution in [0.4, 0.5) is 8.78 Å². The van der Waals surface area contributed by atoms with Gasteiger partial charge in [0.1, 0.15) is 4.88 Å². The van der Waals surface area contributed by atoms with Crippen LogP contribution in [-0.2, 0) is 11.3 Å². The number of thiophene rings is 1. The zero-order valence-electron chi connectivity index (χ0n) is 12.3. The summed E-state index contributed by atoms with van der Waals surface area (Å²) < 4.78 is 35.4. The number of nitrogens with zero attached hydrogens (tertiary/aromatic N) is 2. The SMILES string of the molecule is O=C(OCc1nnc(-c2ccc(Cl)cc2)o1)c1sccc1SC(F)F. The highest BCUT2D eigenvalue weighted by Gasteiger charge is 2.19. The van der Waals surface area contributed by atoms with Gasteiger partial charge in [-0.05, 0) is 35.7 Å². The van der Waals surface area contributed by atoms with Crippen LogP contribution in [0, 0.1) is 0 Å². The molecule has 1 aromatic carbocycles. The quantitative estimate of drug-likeness (QED) is 0.421. The van der Waals surface area contributed by atoms with Crippen LogP contribution in [0.5, 0.6) is 0 Å². The van der Waals surface area contributed by atoms with Crippen LogP contribution in [0.3, 0.4) is 0 Å². The number of halogens is 3. The summed E-state index contributed by atoms with van der Waals surface area (Å²) in [5.74, 6) is -2.98. The summed E-state index contributed by atoms with van der Waals surface area (Å²) in [7, 11) is 0. The van der Waals surface area contributed by atoms with Gasteiger partial charge in [0.05, 0.1) is 0 Å². The third kappa shape index (κ3) is 4.56. The first kappa shape index (κ1) is 17.8. The first-order chi connectivity index (χ1) is 12.0. The fraction of sp³-hybridized carbons (Fsp3) is 0.133. The maximum atomic E-state index is 12.5. The van der Waals surface area contributed by atoms with E-state index in [9.17, 15) is 13.6 Å². The van der Waals surface area contributed by atoms with E-state index in [1.165, 1.54) is 6.07 Å². The summed E-state index contributed by atoms with van der Waals surface area (Å²) in [4.78, 5) is 12.3. The number of benzene rings is 1. The summed E-state index contributed by atoms with van der Waals surface area (Å²) in [6, 6.07) is 8.24. The normalized spacial score (nSPS) is 11.0. The van der Waals surface area contributed by atoms with Gasteiger partial charge >= 0.3 is 5.97 Å². The topological polar surface area (TPSA) is 65.2 Å². The van der Waals surface area contributed by atoms with Crippen molar-refractivity contribution in [3.63, 3.8) is 0 Å². The lowest BCUT2D eigenvalue weighted by Crippen LogP contribution is -2.05. The van der Waals surface area contributed by atoms with Crippen LogP contribution in [0.15, 0.2) is 45.0 Å². The van der Waals surface area contributed by atoms with Crippen LogP contribution in [0.25, 0.3) is 11.5 Å². The third-order valence-corrected chi connectivity index (χ3v) is 4.96. The number of aromatic nitrogens is 2. The molecule has 0 saturated carbocycles. The standard InChI is InChI=1S/C15H9ClF2N2O3S2/c16-9-3-1-8(2-4-9)13-20-19-11(23-13)7-22-14(21)12-10(5-6-24-12)25-15(17)18/h1-6,15H,7H2. The molecular weight excluding hydrogens is 394 g/mol. The van der Waals surface area contributed by atoms with Crippen molar-refractivity contribution in [3.8, 4) is 11.5 Å². The van der Waals surface area contributed by atoms with E-state index in [1.54, 1.807) is 29.6 Å². The summed E-state index contributed by atoms with van der Waals surface area (Å²) >= 11 is 7.14. The second-order valence-corrected chi connectivity index (χ2v) is 6.96. The van der Waals surface area contributed by atoms with Crippen molar-refractivity contribution in [1.82, 2.24) is 10.2 Å². The Bertz CT molecular complexity index is 868. The largest absolute Gasteiger partial charge is 0.451 e. The molecule has 10 heteroatoms. The molecule has 0 N–H and O–H groups in total. The molecule has 0 spiro atoms. The van der Waals surface area contributed by atoms with E-state index < -0.39 is 11.7 Å². The van der Waals surface area contributed by atoms with E-state index in [4.69, 9.17) is 20.8 Å². The van der Waals surface area contributed by atoms with Crippen molar-refractivity contribution in [2.24, 2.45) is 0 Å². The van der Waals surface area contributed by atoms with Gasteiger partial charge in [0.2, 0.25) is 5.89 Å². The highest BCUT2D eigenvalue weighted by molar-refractivity contribution is 7.99. The number of thioether (sulfide) groups is 1. The van der Waals surface area contributed by atoms with E-state index in [-0.39, 0.29) is 28.2 Å². The smallest absolute Gasteiger partial charge is 0.349 e. The van der Waals surface area contributed by atoms with Crippen molar-refractivity contribution in [2.45, 2.75) is 17.3 Å². The molecule has 0 atom stereocenters. The fourth-order valence-corrected chi connectivity index (χ4v) is 3.56. The molecule has 0 aliphatic rings. The molecule has 0 bridgehead atoms. The Morgan fingerprint density at radius 1 is 1.28 bits per heavy atom. The minimum Gasteiger partial charge on any atom is -0.451 e. The molecular formula is C15H9ClF2N2O3S2. The van der Waals surface area contributed by atoms with E-state index in [0.717, 1.165) is 11.3 Å². The minimum atomic E-state index is -2.61. The molecule has 0 aliphatic heterocycles. The average Bonchev–Trinajstić information content (AvgIpc) is 3.22. The Morgan fingerprint density at radius 3 is 2.76 bits per heavy atom. The van der Waals surface area contributed by atoms with Gasteiger partial charge in [-0.25, -0.2) is 4.79 Å². The Labute approximate surface area is 154 Å². The van der Waals surface area contributed by atoms with Gasteiger partial charge in [-0.2, -0.15) is 8.78 Å². The molecule has 0 amide bonds. The number of carbonyl (C=O) groups is 1. The lowest BCUT2D eigenvalue weighted by atomic mass is 10.2. The number of carbonyl (C=O) groups excluding carboxylic acids is 1. The van der Waals surface area contributed by atoms with Crippen LogP contribution < -0.4 is 0 Å². The van der Waals surface area contributed by atoms with Crippen molar-refractivity contribution in [1.29, 1.82) is 0 Å². The summed E-state index contributed by atoms with van der Waals surface area (Å²) in [5, 5.41) is 9.78. The van der Waals surface area contributed by atoms with E-state index in [1.807, 2.05) is 0 Å². The van der Waals surface area contributed by atoms with Crippen LogP contribution in [-0.4, -0.2) is 21.9 Å². The number of ether oxygens (including phenoxy) is 1. The van der Waals surface area contributed by atoms with Crippen LogP contribution in [0.1, 0.15) is 15.6 Å². The van der Waals surface area contributed by atoms with Gasteiger partial charge < -0.3 is 9.15 Å². The summed E-state index contributed by atoms with van der Waals surface area (Å²) in [5.41, 5.74) is 0.670. The zero-order valence-corrected chi connectivity index (χ0v) is 14.7. The molecule has 0 unspecified atom stereocenters. The third-order valence-electron chi connectivity index (χ3n) is 2.92. The molecule has 2 aromatic heterocycles. The first-order valence-corrected chi connectivity index (χ1v) is 8.94. The number of hydrogen-bond donors (Lipinski definition) is 0. The average molecular weight is 403 g/mol. The molecule has 130 valence electrons. The maximum Gasteiger partial charge on any atom is 0.349 e. The number of esters is 1.